The van der Waals surface area contributed by atoms with Gasteiger partial charge in [0.25, 0.3) is 0 Å². The number of hydrogen-bond acceptors (Lipinski definition) is 3. The van der Waals surface area contributed by atoms with Crippen LogP contribution in [0.3, 0.4) is 0 Å². The molecule has 24 heavy (non-hydrogen) atoms. The topological polar surface area (TPSA) is 59.6 Å². The Labute approximate surface area is 143 Å². The lowest BCUT2D eigenvalue weighted by molar-refractivity contribution is 0.238. The summed E-state index contributed by atoms with van der Waals surface area (Å²) in [7, 11) is 3.28. The average Bonchev–Trinajstić information content (AvgIpc) is 2.62. The summed E-state index contributed by atoms with van der Waals surface area (Å²) < 4.78 is 10.3. The van der Waals surface area contributed by atoms with E-state index in [0.717, 1.165) is 29.0 Å². The maximum Gasteiger partial charge on any atom is 0.315 e. The fraction of sp³-hybridized carbons (Fsp3) is 0.316. The number of benzene rings is 2. The SMILES string of the molecule is COc1ccc(C(C)NC(=O)NCCc2cccc(OC)c2)cc1. The van der Waals surface area contributed by atoms with Crippen LogP contribution in [0.15, 0.2) is 48.5 Å². The molecule has 0 aliphatic rings. The summed E-state index contributed by atoms with van der Waals surface area (Å²) in [6.45, 7) is 2.51. The molecule has 2 aromatic carbocycles. The molecule has 0 spiro atoms. The van der Waals surface area contributed by atoms with E-state index >= 15 is 0 Å². The van der Waals surface area contributed by atoms with Gasteiger partial charge in [-0.15, -0.1) is 0 Å². The molecule has 0 bridgehead atoms. The van der Waals surface area contributed by atoms with Crippen LogP contribution in [-0.2, 0) is 6.42 Å². The van der Waals surface area contributed by atoms with Crippen LogP contribution in [0.2, 0.25) is 0 Å². The zero-order valence-electron chi connectivity index (χ0n) is 14.3. The van der Waals surface area contributed by atoms with Gasteiger partial charge in [-0.05, 0) is 48.7 Å². The summed E-state index contributed by atoms with van der Waals surface area (Å²) in [4.78, 5) is 12.0. The fourth-order valence-corrected chi connectivity index (χ4v) is 2.37. The van der Waals surface area contributed by atoms with E-state index in [2.05, 4.69) is 10.6 Å². The van der Waals surface area contributed by atoms with Crippen molar-refractivity contribution in [3.05, 3.63) is 59.7 Å². The molecule has 128 valence electrons. The molecule has 0 heterocycles. The first-order chi connectivity index (χ1) is 11.6. The lowest BCUT2D eigenvalue weighted by atomic mass is 10.1. The van der Waals surface area contributed by atoms with E-state index in [1.807, 2.05) is 55.5 Å². The van der Waals surface area contributed by atoms with Crippen molar-refractivity contribution in [3.63, 3.8) is 0 Å². The molecule has 2 amide bonds. The third kappa shape index (κ3) is 5.19. The third-order valence-electron chi connectivity index (χ3n) is 3.80. The Morgan fingerprint density at radius 2 is 1.75 bits per heavy atom. The molecule has 1 unspecified atom stereocenters. The first-order valence-corrected chi connectivity index (χ1v) is 7.93. The molecule has 0 saturated carbocycles. The molecular weight excluding hydrogens is 304 g/mol. The number of carbonyl (C=O) groups is 1. The summed E-state index contributed by atoms with van der Waals surface area (Å²) in [5.41, 5.74) is 2.15. The molecule has 2 rings (SSSR count). The maximum atomic E-state index is 12.0. The number of hydrogen-bond donors (Lipinski definition) is 2. The number of nitrogens with one attached hydrogen (secondary N) is 2. The molecule has 1 atom stereocenters. The van der Waals surface area contributed by atoms with Crippen LogP contribution in [0.25, 0.3) is 0 Å². The third-order valence-corrected chi connectivity index (χ3v) is 3.80. The van der Waals surface area contributed by atoms with Crippen LogP contribution in [0, 0.1) is 0 Å². The van der Waals surface area contributed by atoms with E-state index in [-0.39, 0.29) is 12.1 Å². The largest absolute Gasteiger partial charge is 0.497 e. The second-order valence-electron chi connectivity index (χ2n) is 5.50. The van der Waals surface area contributed by atoms with Crippen LogP contribution in [0.5, 0.6) is 11.5 Å². The van der Waals surface area contributed by atoms with Crippen molar-refractivity contribution in [1.82, 2.24) is 10.6 Å². The Morgan fingerprint density at radius 1 is 1.04 bits per heavy atom. The molecule has 0 aliphatic heterocycles. The average molecular weight is 328 g/mol. The number of urea groups is 1. The van der Waals surface area contributed by atoms with Gasteiger partial charge in [-0.3, -0.25) is 0 Å². The summed E-state index contributed by atoms with van der Waals surface area (Å²) in [5.74, 6) is 1.62. The zero-order valence-corrected chi connectivity index (χ0v) is 14.3. The Kier molecular flexibility index (Phi) is 6.49. The predicted octanol–water partition coefficient (Wildman–Crippen LogP) is 3.31. The normalized spacial score (nSPS) is 11.5. The molecule has 0 saturated heterocycles. The van der Waals surface area contributed by atoms with Crippen molar-refractivity contribution in [2.24, 2.45) is 0 Å². The van der Waals surface area contributed by atoms with Crippen molar-refractivity contribution >= 4 is 6.03 Å². The lowest BCUT2D eigenvalue weighted by Gasteiger charge is -2.15. The molecule has 2 N–H and O–H groups in total. The minimum absolute atomic E-state index is 0.0762. The monoisotopic (exact) mass is 328 g/mol. The van der Waals surface area contributed by atoms with Gasteiger partial charge >= 0.3 is 6.03 Å². The highest BCUT2D eigenvalue weighted by Gasteiger charge is 2.09. The van der Waals surface area contributed by atoms with Crippen LogP contribution >= 0.6 is 0 Å². The van der Waals surface area contributed by atoms with Crippen LogP contribution < -0.4 is 20.1 Å². The Morgan fingerprint density at radius 3 is 2.42 bits per heavy atom. The summed E-state index contributed by atoms with van der Waals surface area (Å²) in [5, 5.41) is 5.80. The number of rotatable bonds is 7. The number of carbonyl (C=O) groups excluding carboxylic acids is 1. The quantitative estimate of drug-likeness (QED) is 0.820. The van der Waals surface area contributed by atoms with E-state index in [1.54, 1.807) is 14.2 Å². The van der Waals surface area contributed by atoms with E-state index in [0.29, 0.717) is 6.54 Å². The Hall–Kier alpha value is -2.69. The van der Waals surface area contributed by atoms with Gasteiger partial charge in [0.15, 0.2) is 0 Å². The standard InChI is InChI=1S/C19H24N2O3/c1-14(16-7-9-17(23-2)10-8-16)21-19(22)20-12-11-15-5-4-6-18(13-15)24-3/h4-10,13-14H,11-12H2,1-3H3,(H2,20,21,22). The highest BCUT2D eigenvalue weighted by molar-refractivity contribution is 5.74. The summed E-state index contributed by atoms with van der Waals surface area (Å²) in [6.07, 6.45) is 0.752. The van der Waals surface area contributed by atoms with Crippen molar-refractivity contribution in [2.45, 2.75) is 19.4 Å². The number of ether oxygens (including phenoxy) is 2. The van der Waals surface area contributed by atoms with Gasteiger partial charge in [-0.1, -0.05) is 24.3 Å². The fourth-order valence-electron chi connectivity index (χ4n) is 2.37. The van der Waals surface area contributed by atoms with Gasteiger partial charge in [0, 0.05) is 6.54 Å². The predicted molar refractivity (Wildman–Crippen MR) is 94.6 cm³/mol. The molecular formula is C19H24N2O3. The van der Waals surface area contributed by atoms with Crippen LogP contribution in [0.4, 0.5) is 4.79 Å². The van der Waals surface area contributed by atoms with E-state index in [9.17, 15) is 4.79 Å². The van der Waals surface area contributed by atoms with Crippen molar-refractivity contribution in [3.8, 4) is 11.5 Å². The highest BCUT2D eigenvalue weighted by atomic mass is 16.5. The minimum atomic E-state index is -0.179. The van der Waals surface area contributed by atoms with Crippen LogP contribution in [-0.4, -0.2) is 26.8 Å². The second-order valence-corrected chi connectivity index (χ2v) is 5.50. The summed E-state index contributed by atoms with van der Waals surface area (Å²) >= 11 is 0. The minimum Gasteiger partial charge on any atom is -0.497 e. The van der Waals surface area contributed by atoms with Gasteiger partial charge in [-0.2, -0.15) is 0 Å². The summed E-state index contributed by atoms with van der Waals surface area (Å²) in [6, 6.07) is 15.2. The molecule has 0 aliphatic carbocycles. The molecule has 0 fully saturated rings. The van der Waals surface area contributed by atoms with E-state index in [1.165, 1.54) is 0 Å². The smallest absolute Gasteiger partial charge is 0.315 e. The maximum absolute atomic E-state index is 12.0. The lowest BCUT2D eigenvalue weighted by Crippen LogP contribution is -2.38. The zero-order chi connectivity index (χ0) is 17.4. The number of amides is 2. The number of methoxy groups -OCH3 is 2. The molecule has 5 nitrogen and oxygen atoms in total. The van der Waals surface area contributed by atoms with E-state index in [4.69, 9.17) is 9.47 Å². The Balaban J connectivity index is 1.77. The van der Waals surface area contributed by atoms with Gasteiger partial charge in [0.1, 0.15) is 11.5 Å². The van der Waals surface area contributed by atoms with Crippen molar-refractivity contribution < 1.29 is 14.3 Å². The molecule has 2 aromatic rings. The first-order valence-electron chi connectivity index (χ1n) is 7.93. The van der Waals surface area contributed by atoms with Crippen LogP contribution in [0.1, 0.15) is 24.1 Å². The first kappa shape index (κ1) is 17.7. The Bertz CT molecular complexity index is 656. The molecule has 0 aromatic heterocycles. The molecule has 0 radical (unpaired) electrons. The van der Waals surface area contributed by atoms with Crippen molar-refractivity contribution in [2.75, 3.05) is 20.8 Å². The van der Waals surface area contributed by atoms with Gasteiger partial charge in [0.2, 0.25) is 0 Å². The highest BCUT2D eigenvalue weighted by Crippen LogP contribution is 2.17. The van der Waals surface area contributed by atoms with E-state index < -0.39 is 0 Å². The second kappa shape index (κ2) is 8.82. The van der Waals surface area contributed by atoms with Gasteiger partial charge in [-0.25, -0.2) is 4.79 Å². The molecule has 5 heteroatoms. The van der Waals surface area contributed by atoms with Crippen molar-refractivity contribution in [1.29, 1.82) is 0 Å². The van der Waals surface area contributed by atoms with Gasteiger partial charge in [0.05, 0.1) is 20.3 Å². The van der Waals surface area contributed by atoms with Gasteiger partial charge < -0.3 is 20.1 Å².